The Morgan fingerprint density at radius 2 is 1.52 bits per heavy atom. The van der Waals surface area contributed by atoms with Gasteiger partial charge in [-0.2, -0.15) is 0 Å². The molecule has 1 rings (SSSR count). The third kappa shape index (κ3) is 7.22. The second-order valence-corrected chi connectivity index (χ2v) is 9.43. The van der Waals surface area contributed by atoms with Crippen LogP contribution in [0.1, 0.15) is 61.3 Å². The minimum atomic E-state index is -1.13. The summed E-state index contributed by atoms with van der Waals surface area (Å²) in [6.07, 6.45) is 1.02. The van der Waals surface area contributed by atoms with Crippen molar-refractivity contribution in [2.75, 3.05) is 6.54 Å². The topological polar surface area (TPSA) is 145 Å². The molecule has 10 nitrogen and oxygen atoms in total. The molecule has 0 radical (unpaired) electrons. The standard InChI is InChI=1S/C21H36N4O6/c1-11(2)15(19(29)30)24-17(27)14-9-8-10-25(14)18(28)13(4)22-16(26)12(3)23-20(31)21(5,6)7/h11-15H,8-10H2,1-7H3,(H,22,26)(H,23,31)(H,24,27)(H,29,30)/t12-,13-,14+,15-/m0/s1. The molecule has 0 aromatic carbocycles. The zero-order valence-corrected chi connectivity index (χ0v) is 19.4. The highest BCUT2D eigenvalue weighted by Crippen LogP contribution is 2.19. The average molecular weight is 441 g/mol. The van der Waals surface area contributed by atoms with E-state index >= 15 is 0 Å². The highest BCUT2D eigenvalue weighted by atomic mass is 16.4. The van der Waals surface area contributed by atoms with Gasteiger partial charge in [0.05, 0.1) is 0 Å². The largest absolute Gasteiger partial charge is 0.480 e. The summed E-state index contributed by atoms with van der Waals surface area (Å²) in [5, 5.41) is 17.0. The minimum absolute atomic E-state index is 0.288. The first-order valence-electron chi connectivity index (χ1n) is 10.6. The van der Waals surface area contributed by atoms with Crippen LogP contribution in [0.25, 0.3) is 0 Å². The third-order valence-corrected chi connectivity index (χ3v) is 5.22. The summed E-state index contributed by atoms with van der Waals surface area (Å²) >= 11 is 0. The molecule has 1 aliphatic heterocycles. The van der Waals surface area contributed by atoms with E-state index in [2.05, 4.69) is 16.0 Å². The Morgan fingerprint density at radius 1 is 0.935 bits per heavy atom. The van der Waals surface area contributed by atoms with E-state index in [4.69, 9.17) is 0 Å². The quantitative estimate of drug-likeness (QED) is 0.426. The van der Waals surface area contributed by atoms with Crippen molar-refractivity contribution in [1.29, 1.82) is 0 Å². The molecule has 4 N–H and O–H groups in total. The van der Waals surface area contributed by atoms with Crippen molar-refractivity contribution in [3.05, 3.63) is 0 Å². The number of aliphatic carboxylic acids is 1. The van der Waals surface area contributed by atoms with Crippen LogP contribution in [0, 0.1) is 11.3 Å². The molecule has 31 heavy (non-hydrogen) atoms. The fraction of sp³-hybridized carbons (Fsp3) is 0.762. The van der Waals surface area contributed by atoms with E-state index in [1.807, 2.05) is 0 Å². The Kier molecular flexibility index (Phi) is 9.01. The van der Waals surface area contributed by atoms with Gasteiger partial charge in [0.1, 0.15) is 24.2 Å². The molecule has 0 unspecified atom stereocenters. The van der Waals surface area contributed by atoms with Crippen molar-refractivity contribution in [1.82, 2.24) is 20.9 Å². The zero-order chi connectivity index (χ0) is 24.1. The first kappa shape index (κ1) is 26.4. The molecule has 0 aromatic rings. The van der Waals surface area contributed by atoms with Crippen LogP contribution in [0.2, 0.25) is 0 Å². The SMILES string of the molecule is CC(C)[C@H](NC(=O)[C@H]1CCCN1C(=O)[C@H](C)NC(=O)[C@H](C)NC(=O)C(C)(C)C)C(=O)O. The number of nitrogens with zero attached hydrogens (tertiary/aromatic N) is 1. The van der Waals surface area contributed by atoms with E-state index in [-0.39, 0.29) is 11.8 Å². The van der Waals surface area contributed by atoms with E-state index in [0.717, 1.165) is 0 Å². The van der Waals surface area contributed by atoms with Crippen LogP contribution in [0.15, 0.2) is 0 Å². The number of hydrogen-bond donors (Lipinski definition) is 4. The first-order chi connectivity index (χ1) is 14.2. The number of hydrogen-bond acceptors (Lipinski definition) is 5. The van der Waals surface area contributed by atoms with E-state index in [1.165, 1.54) is 18.7 Å². The highest BCUT2D eigenvalue weighted by molar-refractivity contribution is 5.95. The highest BCUT2D eigenvalue weighted by Gasteiger charge is 2.38. The summed E-state index contributed by atoms with van der Waals surface area (Å²) in [4.78, 5) is 62.7. The summed E-state index contributed by atoms with van der Waals surface area (Å²) in [6.45, 7) is 11.9. The fourth-order valence-corrected chi connectivity index (χ4v) is 3.19. The number of carboxylic acid groups (broad SMARTS) is 1. The lowest BCUT2D eigenvalue weighted by Gasteiger charge is -2.29. The number of carbonyl (C=O) groups excluding carboxylic acids is 4. The lowest BCUT2D eigenvalue weighted by Crippen LogP contribution is -2.57. The molecule has 0 spiro atoms. The number of carboxylic acids is 1. The van der Waals surface area contributed by atoms with Crippen molar-refractivity contribution in [3.63, 3.8) is 0 Å². The van der Waals surface area contributed by atoms with Gasteiger partial charge in [0.15, 0.2) is 0 Å². The lowest BCUT2D eigenvalue weighted by molar-refractivity contribution is -0.145. The summed E-state index contributed by atoms with van der Waals surface area (Å²) in [6, 6.07) is -3.57. The molecule has 0 saturated carbocycles. The van der Waals surface area contributed by atoms with Crippen LogP contribution in [0.4, 0.5) is 0 Å². The van der Waals surface area contributed by atoms with E-state index < -0.39 is 53.3 Å². The molecule has 0 aliphatic carbocycles. The maximum atomic E-state index is 12.9. The number of amides is 4. The van der Waals surface area contributed by atoms with Crippen molar-refractivity contribution >= 4 is 29.6 Å². The molecule has 1 fully saturated rings. The summed E-state index contributed by atoms with van der Waals surface area (Å²) in [5.41, 5.74) is -0.657. The summed E-state index contributed by atoms with van der Waals surface area (Å²) in [5.74, 6) is -3.19. The zero-order valence-electron chi connectivity index (χ0n) is 19.4. The molecule has 0 aromatic heterocycles. The van der Waals surface area contributed by atoms with Crippen LogP contribution in [-0.2, 0) is 24.0 Å². The lowest BCUT2D eigenvalue weighted by atomic mass is 9.95. The second-order valence-electron chi connectivity index (χ2n) is 9.43. The monoisotopic (exact) mass is 440 g/mol. The fourth-order valence-electron chi connectivity index (χ4n) is 3.19. The normalized spacial score (nSPS) is 19.4. The Labute approximate surface area is 183 Å². The van der Waals surface area contributed by atoms with Crippen LogP contribution < -0.4 is 16.0 Å². The van der Waals surface area contributed by atoms with Gasteiger partial charge in [0.25, 0.3) is 0 Å². The van der Waals surface area contributed by atoms with Crippen LogP contribution in [-0.4, -0.2) is 70.3 Å². The van der Waals surface area contributed by atoms with E-state index in [9.17, 15) is 29.1 Å². The Morgan fingerprint density at radius 3 is 2.00 bits per heavy atom. The van der Waals surface area contributed by atoms with Crippen LogP contribution >= 0.6 is 0 Å². The number of nitrogens with one attached hydrogen (secondary N) is 3. The predicted molar refractivity (Wildman–Crippen MR) is 114 cm³/mol. The smallest absolute Gasteiger partial charge is 0.326 e. The molecule has 1 aliphatic rings. The van der Waals surface area contributed by atoms with Gasteiger partial charge >= 0.3 is 5.97 Å². The predicted octanol–water partition coefficient (Wildman–Crippen LogP) is 0.258. The van der Waals surface area contributed by atoms with E-state index in [1.54, 1.807) is 34.6 Å². The number of likely N-dealkylation sites (tertiary alicyclic amines) is 1. The Balaban J connectivity index is 2.75. The summed E-state index contributed by atoms with van der Waals surface area (Å²) in [7, 11) is 0. The van der Waals surface area contributed by atoms with Crippen LogP contribution in [0.5, 0.6) is 0 Å². The van der Waals surface area contributed by atoms with Crippen molar-refractivity contribution in [3.8, 4) is 0 Å². The third-order valence-electron chi connectivity index (χ3n) is 5.22. The average Bonchev–Trinajstić information content (AvgIpc) is 3.13. The van der Waals surface area contributed by atoms with Gasteiger partial charge < -0.3 is 26.0 Å². The molecule has 176 valence electrons. The first-order valence-corrected chi connectivity index (χ1v) is 10.6. The molecule has 1 saturated heterocycles. The van der Waals surface area contributed by atoms with Gasteiger partial charge in [0, 0.05) is 12.0 Å². The van der Waals surface area contributed by atoms with Crippen molar-refractivity contribution in [2.45, 2.75) is 85.5 Å². The van der Waals surface area contributed by atoms with Crippen molar-refractivity contribution < 1.29 is 29.1 Å². The number of rotatable bonds is 8. The second kappa shape index (κ2) is 10.6. The van der Waals surface area contributed by atoms with Gasteiger partial charge in [-0.1, -0.05) is 34.6 Å². The molecule has 4 atom stereocenters. The van der Waals surface area contributed by atoms with E-state index in [0.29, 0.717) is 19.4 Å². The van der Waals surface area contributed by atoms with Gasteiger partial charge in [-0.25, -0.2) is 4.79 Å². The maximum Gasteiger partial charge on any atom is 0.326 e. The van der Waals surface area contributed by atoms with Gasteiger partial charge in [-0.15, -0.1) is 0 Å². The van der Waals surface area contributed by atoms with Crippen LogP contribution in [0.3, 0.4) is 0 Å². The van der Waals surface area contributed by atoms with Gasteiger partial charge in [-0.05, 0) is 32.6 Å². The molecule has 0 bridgehead atoms. The maximum absolute atomic E-state index is 12.9. The van der Waals surface area contributed by atoms with Crippen molar-refractivity contribution in [2.24, 2.45) is 11.3 Å². The number of carbonyl (C=O) groups is 5. The van der Waals surface area contributed by atoms with Gasteiger partial charge in [-0.3, -0.25) is 19.2 Å². The summed E-state index contributed by atoms with van der Waals surface area (Å²) < 4.78 is 0. The van der Waals surface area contributed by atoms with Gasteiger partial charge in [0.2, 0.25) is 23.6 Å². The molecule has 1 heterocycles. The molecule has 10 heteroatoms. The molecular formula is C21H36N4O6. The minimum Gasteiger partial charge on any atom is -0.480 e. The molecule has 4 amide bonds. The molecular weight excluding hydrogens is 404 g/mol. The Hall–Kier alpha value is -2.65. The Bertz CT molecular complexity index is 715.